The molecule has 246 valence electrons. The molecule has 0 aliphatic carbocycles. The zero-order valence-electron chi connectivity index (χ0n) is 27.6. The van der Waals surface area contributed by atoms with Crippen LogP contribution in [0.1, 0.15) is 134 Å². The molecule has 45 heavy (non-hydrogen) atoms. The highest BCUT2D eigenvalue weighted by Gasteiger charge is 2.38. The third-order valence-corrected chi connectivity index (χ3v) is 8.38. The molecule has 0 saturated heterocycles. The van der Waals surface area contributed by atoms with Gasteiger partial charge in [0.05, 0.1) is 28.4 Å². The van der Waals surface area contributed by atoms with Crippen LogP contribution in [0.5, 0.6) is 0 Å². The maximum Gasteiger partial charge on any atom is 0.338 e. The van der Waals surface area contributed by atoms with Crippen molar-refractivity contribution in [2.24, 2.45) is 5.41 Å². The third kappa shape index (κ3) is 11.6. The van der Waals surface area contributed by atoms with E-state index in [1.165, 1.54) is 87.4 Å². The van der Waals surface area contributed by atoms with Crippen LogP contribution in [0.3, 0.4) is 0 Å². The van der Waals surface area contributed by atoms with Crippen LogP contribution in [0.4, 0.5) is 5.69 Å². The molecule has 9 heteroatoms. The molecule has 0 aliphatic heterocycles. The monoisotopic (exact) mass is 638 g/mol. The minimum Gasteiger partial charge on any atom is -0.462 e. The molecule has 3 rings (SSSR count). The Hall–Kier alpha value is -3.26. The fourth-order valence-corrected chi connectivity index (χ4v) is 5.49. The summed E-state index contributed by atoms with van der Waals surface area (Å²) in [4.78, 5) is 39.9. The molecular formula is C36H51ClN4O4. The number of ketones is 1. The summed E-state index contributed by atoms with van der Waals surface area (Å²) in [6.45, 7) is 7.83. The molecule has 0 aliphatic rings. The van der Waals surface area contributed by atoms with Crippen molar-refractivity contribution in [3.8, 4) is 0 Å². The van der Waals surface area contributed by atoms with Gasteiger partial charge in [-0.15, -0.1) is 5.10 Å². The van der Waals surface area contributed by atoms with Crippen LogP contribution in [0.15, 0.2) is 42.5 Å². The summed E-state index contributed by atoms with van der Waals surface area (Å²) in [7, 11) is 0. The second-order valence-corrected chi connectivity index (χ2v) is 13.4. The second-order valence-electron chi connectivity index (χ2n) is 13.0. The van der Waals surface area contributed by atoms with Gasteiger partial charge in [-0.2, -0.15) is 0 Å². The molecule has 1 heterocycles. The standard InChI is InChI=1S/C36H51ClN4O4/c1-5-6-7-8-9-10-11-12-13-14-15-16-17-20-25-45-35(44)27-23-24-28(37)30(26-27)38-34(43)32(33(42)36(2,3)4)41-31-22-19-18-21-29(31)39-40-41/h18-19,21-24,26,32H,5-17,20,25H2,1-4H3,(H,38,43). The first-order valence-corrected chi connectivity index (χ1v) is 17.1. The molecule has 8 nitrogen and oxygen atoms in total. The third-order valence-electron chi connectivity index (χ3n) is 8.05. The highest BCUT2D eigenvalue weighted by atomic mass is 35.5. The zero-order chi connectivity index (χ0) is 32.7. The maximum absolute atomic E-state index is 13.6. The van der Waals surface area contributed by atoms with E-state index in [0.717, 1.165) is 19.3 Å². The number of hydrogen-bond donors (Lipinski definition) is 1. The number of rotatable bonds is 20. The van der Waals surface area contributed by atoms with Gasteiger partial charge in [-0.1, -0.05) is 140 Å². The van der Waals surface area contributed by atoms with Gasteiger partial charge in [-0.3, -0.25) is 9.59 Å². The Morgan fingerprint density at radius 3 is 2.02 bits per heavy atom. The van der Waals surface area contributed by atoms with Gasteiger partial charge in [0.25, 0.3) is 5.91 Å². The molecule has 1 aromatic heterocycles. The van der Waals surface area contributed by atoms with Crippen molar-refractivity contribution in [1.82, 2.24) is 15.0 Å². The Labute approximate surface area is 273 Å². The zero-order valence-corrected chi connectivity index (χ0v) is 28.3. The predicted octanol–water partition coefficient (Wildman–Crippen LogP) is 9.52. The fraction of sp³-hybridized carbons (Fsp3) is 0.583. The molecule has 0 spiro atoms. The minimum absolute atomic E-state index is 0.212. The summed E-state index contributed by atoms with van der Waals surface area (Å²) in [5.74, 6) is -1.45. The number of nitrogens with one attached hydrogen (secondary N) is 1. The van der Waals surface area contributed by atoms with E-state index in [2.05, 4.69) is 22.6 Å². The molecule has 0 saturated carbocycles. The van der Waals surface area contributed by atoms with E-state index < -0.39 is 23.3 Å². The molecule has 3 aromatic rings. The van der Waals surface area contributed by atoms with Crippen molar-refractivity contribution in [3.63, 3.8) is 0 Å². The molecule has 1 atom stereocenters. The summed E-state index contributed by atoms with van der Waals surface area (Å²) in [6.07, 6.45) is 17.6. The smallest absolute Gasteiger partial charge is 0.338 e. The molecular weight excluding hydrogens is 588 g/mol. The van der Waals surface area contributed by atoms with Crippen molar-refractivity contribution >= 4 is 46.0 Å². The van der Waals surface area contributed by atoms with E-state index in [1.807, 2.05) is 6.07 Å². The van der Waals surface area contributed by atoms with Crippen LogP contribution in [0.2, 0.25) is 5.02 Å². The lowest BCUT2D eigenvalue weighted by atomic mass is 9.86. The maximum atomic E-state index is 13.6. The number of para-hydroxylation sites is 1. The Morgan fingerprint density at radius 1 is 0.844 bits per heavy atom. The summed E-state index contributed by atoms with van der Waals surface area (Å²) in [5.41, 5.74) is 0.770. The number of carbonyl (C=O) groups is 3. The first-order valence-electron chi connectivity index (χ1n) is 16.7. The first kappa shape index (κ1) is 36.2. The highest BCUT2D eigenvalue weighted by Crippen LogP contribution is 2.29. The van der Waals surface area contributed by atoms with E-state index in [0.29, 0.717) is 17.6 Å². The molecule has 0 radical (unpaired) electrons. The summed E-state index contributed by atoms with van der Waals surface area (Å²) in [6, 6.07) is 10.4. The van der Waals surface area contributed by atoms with Gasteiger partial charge in [-0.25, -0.2) is 9.48 Å². The lowest BCUT2D eigenvalue weighted by Crippen LogP contribution is -2.39. The van der Waals surface area contributed by atoms with Crippen LogP contribution in [0, 0.1) is 5.41 Å². The number of anilines is 1. The Morgan fingerprint density at radius 2 is 1.42 bits per heavy atom. The van der Waals surface area contributed by atoms with Crippen LogP contribution < -0.4 is 5.32 Å². The van der Waals surface area contributed by atoms with Crippen LogP contribution in [-0.4, -0.2) is 39.3 Å². The largest absolute Gasteiger partial charge is 0.462 e. The highest BCUT2D eigenvalue weighted by molar-refractivity contribution is 6.34. The summed E-state index contributed by atoms with van der Waals surface area (Å²) < 4.78 is 6.84. The van der Waals surface area contributed by atoms with Gasteiger partial charge in [0.2, 0.25) is 0 Å². The molecule has 1 amide bonds. The second kappa shape index (κ2) is 18.6. The number of unbranched alkanes of at least 4 members (excludes halogenated alkanes) is 13. The van der Waals surface area contributed by atoms with Gasteiger partial charge in [0.15, 0.2) is 11.8 Å². The number of halogens is 1. The number of carbonyl (C=O) groups excluding carboxylic acids is 3. The van der Waals surface area contributed by atoms with Gasteiger partial charge in [-0.05, 0) is 36.8 Å². The quantitative estimate of drug-likeness (QED) is 0.0751. The van der Waals surface area contributed by atoms with Gasteiger partial charge >= 0.3 is 5.97 Å². The molecule has 2 aromatic carbocycles. The van der Waals surface area contributed by atoms with Gasteiger partial charge < -0.3 is 10.1 Å². The Balaban J connectivity index is 1.46. The number of Topliss-reactive ketones (excluding diaryl/α,β-unsaturated/α-hetero) is 1. The average molecular weight is 639 g/mol. The minimum atomic E-state index is -1.29. The van der Waals surface area contributed by atoms with Crippen molar-refractivity contribution in [2.45, 2.75) is 124 Å². The van der Waals surface area contributed by atoms with Crippen molar-refractivity contribution in [3.05, 3.63) is 53.1 Å². The SMILES string of the molecule is CCCCCCCCCCCCCCCCOC(=O)c1ccc(Cl)c(NC(=O)C(C(=O)C(C)(C)C)n2nnc3ccccc32)c1. The van der Waals surface area contributed by atoms with Crippen LogP contribution in [-0.2, 0) is 14.3 Å². The molecule has 1 N–H and O–H groups in total. The van der Waals surface area contributed by atoms with Crippen molar-refractivity contribution < 1.29 is 19.1 Å². The number of aromatic nitrogens is 3. The lowest BCUT2D eigenvalue weighted by molar-refractivity contribution is -0.135. The first-order chi connectivity index (χ1) is 21.6. The van der Waals surface area contributed by atoms with Crippen molar-refractivity contribution in [2.75, 3.05) is 11.9 Å². The van der Waals surface area contributed by atoms with Gasteiger partial charge in [0.1, 0.15) is 5.52 Å². The molecule has 0 bridgehead atoms. The number of fused-ring (bicyclic) bond motifs is 1. The summed E-state index contributed by atoms with van der Waals surface area (Å²) in [5, 5.41) is 11.2. The fourth-order valence-electron chi connectivity index (χ4n) is 5.32. The van der Waals surface area contributed by atoms with Crippen LogP contribution in [0.25, 0.3) is 11.0 Å². The van der Waals surface area contributed by atoms with Gasteiger partial charge in [0, 0.05) is 5.41 Å². The average Bonchev–Trinajstić information content (AvgIpc) is 3.43. The molecule has 1 unspecified atom stereocenters. The number of amides is 1. The van der Waals surface area contributed by atoms with E-state index >= 15 is 0 Å². The van der Waals surface area contributed by atoms with E-state index in [-0.39, 0.29) is 22.1 Å². The molecule has 0 fully saturated rings. The number of benzene rings is 2. The lowest BCUT2D eigenvalue weighted by Gasteiger charge is -2.24. The number of esters is 1. The van der Waals surface area contributed by atoms with Crippen molar-refractivity contribution in [1.29, 1.82) is 0 Å². The number of hydrogen-bond acceptors (Lipinski definition) is 6. The van der Waals surface area contributed by atoms with E-state index in [9.17, 15) is 14.4 Å². The van der Waals surface area contributed by atoms with E-state index in [4.69, 9.17) is 16.3 Å². The number of nitrogens with zero attached hydrogens (tertiary/aromatic N) is 3. The van der Waals surface area contributed by atoms with Crippen LogP contribution >= 0.6 is 11.6 Å². The topological polar surface area (TPSA) is 103 Å². The van der Waals surface area contributed by atoms with E-state index in [1.54, 1.807) is 45.0 Å². The summed E-state index contributed by atoms with van der Waals surface area (Å²) >= 11 is 6.40. The predicted molar refractivity (Wildman–Crippen MR) is 182 cm³/mol. The Kier molecular flexibility index (Phi) is 15.0. The number of ether oxygens (including phenoxy) is 1. The normalized spacial score (nSPS) is 12.3. The Bertz CT molecular complexity index is 1380.